The van der Waals surface area contributed by atoms with Gasteiger partial charge in [-0.1, -0.05) is 24.3 Å². The second-order valence-electron chi connectivity index (χ2n) is 7.94. The molecule has 1 aromatic heterocycles. The van der Waals surface area contributed by atoms with E-state index in [1.807, 2.05) is 0 Å². The number of imide groups is 1. The monoisotopic (exact) mass is 552 g/mol. The average Bonchev–Trinajstić information content (AvgIpc) is 3.41. The van der Waals surface area contributed by atoms with Crippen molar-refractivity contribution in [3.05, 3.63) is 80.7 Å². The number of non-ortho nitro benzene ring substituents is 1. The number of carbonyl (C=O) groups is 4. The van der Waals surface area contributed by atoms with Gasteiger partial charge in [-0.25, -0.2) is 4.79 Å². The molecule has 11 nitrogen and oxygen atoms in total. The van der Waals surface area contributed by atoms with Crippen molar-refractivity contribution in [2.75, 3.05) is 18.5 Å². The lowest BCUT2D eigenvalue weighted by Gasteiger charge is -2.14. The second-order valence-corrected chi connectivity index (χ2v) is 9.23. The molecule has 4 rings (SSSR count). The molecular formula is C25H20N4O7S2. The Morgan fingerprint density at radius 3 is 2.39 bits per heavy atom. The second kappa shape index (κ2) is 11.3. The number of anilines is 1. The lowest BCUT2D eigenvalue weighted by Crippen LogP contribution is -2.38. The van der Waals surface area contributed by atoms with Gasteiger partial charge in [0, 0.05) is 36.0 Å². The minimum atomic E-state index is -0.669. The van der Waals surface area contributed by atoms with Gasteiger partial charge in [0.15, 0.2) is 5.11 Å². The first kappa shape index (κ1) is 26.6. The zero-order chi connectivity index (χ0) is 27.4. The van der Waals surface area contributed by atoms with Crippen molar-refractivity contribution in [3.63, 3.8) is 0 Å². The summed E-state index contributed by atoms with van der Waals surface area (Å²) in [5.41, 5.74) is 1.39. The van der Waals surface area contributed by atoms with Crippen LogP contribution < -0.4 is 10.6 Å². The van der Waals surface area contributed by atoms with E-state index in [1.54, 1.807) is 42.6 Å². The molecule has 0 fully saturated rings. The molecule has 3 aromatic rings. The molecule has 0 radical (unpaired) electrons. The predicted octanol–water partition coefficient (Wildman–Crippen LogP) is 4.00. The van der Waals surface area contributed by atoms with Crippen LogP contribution in [0.15, 0.2) is 53.9 Å². The fourth-order valence-electron chi connectivity index (χ4n) is 3.83. The standard InChI is InChI=1S/C25H20N4O7S2/c1-2-36-24(33)20-18(14-6-5-7-15(12-14)29(34)35)13-38-21(20)27-25(37)26-19(30)10-11-28-22(31)16-8-3-4-9-17(16)23(28)32/h3-9,12-13H,2,10-11H2,1H3,(H2,26,27,30,37). The molecule has 0 atom stereocenters. The first-order valence-electron chi connectivity index (χ1n) is 11.3. The summed E-state index contributed by atoms with van der Waals surface area (Å²) in [4.78, 5) is 61.9. The minimum Gasteiger partial charge on any atom is -0.462 e. The van der Waals surface area contributed by atoms with Crippen molar-refractivity contribution >= 4 is 63.0 Å². The Bertz CT molecular complexity index is 1450. The SMILES string of the molecule is CCOC(=O)c1c(-c2cccc([N+](=O)[O-])c2)csc1NC(=S)NC(=O)CCN1C(=O)c2ccccc2C1=O. The zero-order valence-electron chi connectivity index (χ0n) is 19.9. The Morgan fingerprint density at radius 2 is 1.76 bits per heavy atom. The molecule has 0 bridgehead atoms. The maximum absolute atomic E-state index is 12.8. The Balaban J connectivity index is 1.44. The summed E-state index contributed by atoms with van der Waals surface area (Å²) in [6, 6.07) is 12.2. The van der Waals surface area contributed by atoms with Crippen LogP contribution in [-0.4, -0.2) is 51.8 Å². The normalized spacial score (nSPS) is 12.2. The molecule has 0 unspecified atom stereocenters. The molecular weight excluding hydrogens is 532 g/mol. The first-order valence-corrected chi connectivity index (χ1v) is 12.6. The third-order valence-electron chi connectivity index (χ3n) is 5.56. The highest BCUT2D eigenvalue weighted by molar-refractivity contribution is 7.80. The molecule has 13 heteroatoms. The molecule has 0 saturated carbocycles. The maximum atomic E-state index is 12.8. The number of nitro groups is 1. The summed E-state index contributed by atoms with van der Waals surface area (Å²) in [5, 5.41) is 18.3. The van der Waals surface area contributed by atoms with Gasteiger partial charge in [-0.3, -0.25) is 29.4 Å². The molecule has 38 heavy (non-hydrogen) atoms. The van der Waals surface area contributed by atoms with Crippen molar-refractivity contribution in [2.45, 2.75) is 13.3 Å². The van der Waals surface area contributed by atoms with E-state index in [-0.39, 0.29) is 40.9 Å². The number of fused-ring (bicyclic) bond motifs is 1. The highest BCUT2D eigenvalue weighted by atomic mass is 32.1. The van der Waals surface area contributed by atoms with Crippen molar-refractivity contribution in [2.24, 2.45) is 0 Å². The van der Waals surface area contributed by atoms with Gasteiger partial charge in [0.1, 0.15) is 10.6 Å². The number of thiophene rings is 1. The largest absolute Gasteiger partial charge is 0.462 e. The van der Waals surface area contributed by atoms with Gasteiger partial charge in [0.2, 0.25) is 5.91 Å². The van der Waals surface area contributed by atoms with Gasteiger partial charge in [-0.15, -0.1) is 11.3 Å². The molecule has 2 N–H and O–H groups in total. The zero-order valence-corrected chi connectivity index (χ0v) is 21.5. The van der Waals surface area contributed by atoms with Gasteiger partial charge in [-0.2, -0.15) is 0 Å². The van der Waals surface area contributed by atoms with Gasteiger partial charge >= 0.3 is 5.97 Å². The summed E-state index contributed by atoms with van der Waals surface area (Å²) in [6.45, 7) is 1.61. The highest BCUT2D eigenvalue weighted by Crippen LogP contribution is 2.37. The number of nitrogens with zero attached hydrogens (tertiary/aromatic N) is 2. The van der Waals surface area contributed by atoms with Gasteiger partial charge in [-0.05, 0) is 36.8 Å². The van der Waals surface area contributed by atoms with Crippen LogP contribution in [0.2, 0.25) is 0 Å². The number of esters is 1. The fraction of sp³-hybridized carbons (Fsp3) is 0.160. The Morgan fingerprint density at radius 1 is 1.08 bits per heavy atom. The lowest BCUT2D eigenvalue weighted by molar-refractivity contribution is -0.384. The van der Waals surface area contributed by atoms with Crippen LogP contribution in [0.4, 0.5) is 10.7 Å². The van der Waals surface area contributed by atoms with E-state index in [2.05, 4.69) is 10.6 Å². The van der Waals surface area contributed by atoms with Crippen molar-refractivity contribution in [3.8, 4) is 11.1 Å². The van der Waals surface area contributed by atoms with Crippen LogP contribution in [0, 0.1) is 10.1 Å². The fourth-order valence-corrected chi connectivity index (χ4v) is 5.08. The van der Waals surface area contributed by atoms with Crippen molar-refractivity contribution < 1.29 is 28.8 Å². The van der Waals surface area contributed by atoms with Gasteiger partial charge < -0.3 is 15.4 Å². The van der Waals surface area contributed by atoms with Gasteiger partial charge in [0.05, 0.1) is 22.7 Å². The summed E-state index contributed by atoms with van der Waals surface area (Å²) in [6.07, 6.45) is -0.193. The van der Waals surface area contributed by atoms with Crippen LogP contribution in [0.25, 0.3) is 11.1 Å². The number of nitrogens with one attached hydrogen (secondary N) is 2. The van der Waals surface area contributed by atoms with E-state index < -0.39 is 28.6 Å². The highest BCUT2D eigenvalue weighted by Gasteiger charge is 2.35. The van der Waals surface area contributed by atoms with Crippen LogP contribution in [0.1, 0.15) is 44.4 Å². The number of carbonyl (C=O) groups excluding carboxylic acids is 4. The van der Waals surface area contributed by atoms with E-state index >= 15 is 0 Å². The number of hydrogen-bond acceptors (Lipinski definition) is 9. The molecule has 2 aromatic carbocycles. The molecule has 1 aliphatic heterocycles. The van der Waals surface area contributed by atoms with E-state index in [0.717, 1.165) is 16.2 Å². The summed E-state index contributed by atoms with van der Waals surface area (Å²) >= 11 is 6.33. The summed E-state index contributed by atoms with van der Waals surface area (Å²) in [7, 11) is 0. The smallest absolute Gasteiger partial charge is 0.341 e. The minimum absolute atomic E-state index is 0.0987. The average molecular weight is 553 g/mol. The number of nitro benzene ring substituents is 1. The lowest BCUT2D eigenvalue weighted by atomic mass is 10.0. The number of ether oxygens (including phenoxy) is 1. The summed E-state index contributed by atoms with van der Waals surface area (Å²) < 4.78 is 5.17. The van der Waals surface area contributed by atoms with Crippen molar-refractivity contribution in [1.82, 2.24) is 10.2 Å². The van der Waals surface area contributed by atoms with Crippen molar-refractivity contribution in [1.29, 1.82) is 0 Å². The van der Waals surface area contributed by atoms with E-state index in [4.69, 9.17) is 17.0 Å². The Labute approximate surface area is 225 Å². The molecule has 1 aliphatic rings. The number of rotatable bonds is 8. The molecule has 0 aliphatic carbocycles. The van der Waals surface area contributed by atoms with E-state index in [1.165, 1.54) is 18.2 Å². The number of amides is 3. The summed E-state index contributed by atoms with van der Waals surface area (Å²) in [5.74, 6) is -2.15. The van der Waals surface area contributed by atoms with Crippen LogP contribution >= 0.6 is 23.6 Å². The molecule has 0 spiro atoms. The number of benzene rings is 2. The molecule has 3 amide bonds. The molecule has 2 heterocycles. The quantitative estimate of drug-likeness (QED) is 0.139. The molecule has 194 valence electrons. The van der Waals surface area contributed by atoms with Gasteiger partial charge in [0.25, 0.3) is 17.5 Å². The van der Waals surface area contributed by atoms with E-state index in [9.17, 15) is 29.3 Å². The number of hydrogen-bond donors (Lipinski definition) is 2. The maximum Gasteiger partial charge on any atom is 0.341 e. The molecule has 0 saturated heterocycles. The third-order valence-corrected chi connectivity index (χ3v) is 6.66. The number of thiocarbonyl (C=S) groups is 1. The topological polar surface area (TPSA) is 148 Å². The van der Waals surface area contributed by atoms with Crippen LogP contribution in [-0.2, 0) is 9.53 Å². The Hall–Kier alpha value is -4.49. The van der Waals surface area contributed by atoms with E-state index in [0.29, 0.717) is 22.3 Å². The van der Waals surface area contributed by atoms with Crippen LogP contribution in [0.3, 0.4) is 0 Å². The predicted molar refractivity (Wildman–Crippen MR) is 143 cm³/mol. The first-order chi connectivity index (χ1) is 18.2. The van der Waals surface area contributed by atoms with Crippen LogP contribution in [0.5, 0.6) is 0 Å². The third kappa shape index (κ3) is 5.43. The Kier molecular flexibility index (Phi) is 7.88.